The van der Waals surface area contributed by atoms with Crippen LogP contribution >= 0.6 is 0 Å². The summed E-state index contributed by atoms with van der Waals surface area (Å²) < 4.78 is 21.6. The Kier molecular flexibility index (Phi) is 5.82. The molecule has 33 heavy (non-hydrogen) atoms. The van der Waals surface area contributed by atoms with Crippen molar-refractivity contribution in [3.05, 3.63) is 60.2 Å². The number of hydrogen-bond donors (Lipinski definition) is 3. The van der Waals surface area contributed by atoms with Gasteiger partial charge in [-0.05, 0) is 23.8 Å². The van der Waals surface area contributed by atoms with Crippen LogP contribution in [0.15, 0.2) is 49.1 Å². The first-order valence-electron chi connectivity index (χ1n) is 10.5. The topological polar surface area (TPSA) is 119 Å². The number of carbonyl (C=O) groups is 1. The van der Waals surface area contributed by atoms with E-state index in [-0.39, 0.29) is 19.4 Å². The maximum absolute atomic E-state index is 12.8. The molecule has 2 unspecified atom stereocenters. The number of aliphatic hydroxyl groups excluding tert-OH is 1. The van der Waals surface area contributed by atoms with Crippen LogP contribution in [0.2, 0.25) is 0 Å². The maximum atomic E-state index is 12.8. The number of ether oxygens (including phenoxy) is 1. The Hall–Kier alpha value is -3.67. The minimum Gasteiger partial charge on any atom is -0.376 e. The average Bonchev–Trinajstić information content (AvgIpc) is 3.54. The third-order valence-corrected chi connectivity index (χ3v) is 5.39. The van der Waals surface area contributed by atoms with E-state index in [1.54, 1.807) is 33.9 Å². The van der Waals surface area contributed by atoms with Gasteiger partial charge in [-0.1, -0.05) is 0 Å². The highest BCUT2D eigenvalue weighted by molar-refractivity contribution is 5.99. The van der Waals surface area contributed by atoms with Gasteiger partial charge < -0.3 is 19.7 Å². The number of nitrogens with one attached hydrogen (secondary N) is 2. The molecule has 0 saturated carbocycles. The molecule has 3 aromatic heterocycles. The molecule has 5 rings (SSSR count). The number of benzene rings is 1. The SMILES string of the molecule is O=Cc1cn(CCF)c2ccc(Nc3nccc(-n4cc(CC5NC(O)CO5)cn4)n3)cc12. The monoisotopic (exact) mass is 451 g/mol. The standard InChI is InChI=1S/C22H22FN7O3/c23-4-6-29-11-15(12-31)17-8-16(1-2-18(17)29)26-22-24-5-3-19(27-22)30-10-14(9-25-30)7-21-28-20(32)13-33-21/h1-3,5,8-12,20-21,28,32H,4,6-7,13H2,(H,24,26,27). The number of aldehydes is 1. The number of aryl methyl sites for hydroxylation is 1. The van der Waals surface area contributed by atoms with Crippen molar-refractivity contribution in [3.63, 3.8) is 0 Å². The van der Waals surface area contributed by atoms with Crippen LogP contribution in [-0.4, -0.2) is 61.4 Å². The van der Waals surface area contributed by atoms with E-state index in [0.29, 0.717) is 29.4 Å². The minimum absolute atomic E-state index is 0.192. The molecular formula is C22H22FN7O3. The Balaban J connectivity index is 1.34. The van der Waals surface area contributed by atoms with Gasteiger partial charge in [-0.3, -0.25) is 10.1 Å². The Labute approximate surface area is 188 Å². The van der Waals surface area contributed by atoms with E-state index in [1.807, 2.05) is 24.4 Å². The molecule has 1 aromatic carbocycles. The summed E-state index contributed by atoms with van der Waals surface area (Å²) >= 11 is 0. The maximum Gasteiger partial charge on any atom is 0.229 e. The van der Waals surface area contributed by atoms with Crippen LogP contribution in [0.5, 0.6) is 0 Å². The molecule has 1 fully saturated rings. The summed E-state index contributed by atoms with van der Waals surface area (Å²) in [7, 11) is 0. The molecular weight excluding hydrogens is 429 g/mol. The summed E-state index contributed by atoms with van der Waals surface area (Å²) in [6, 6.07) is 7.22. The molecule has 0 aliphatic carbocycles. The van der Waals surface area contributed by atoms with Crippen LogP contribution in [0.3, 0.4) is 0 Å². The van der Waals surface area contributed by atoms with Gasteiger partial charge in [0.25, 0.3) is 0 Å². The van der Waals surface area contributed by atoms with Gasteiger partial charge in [-0.15, -0.1) is 0 Å². The number of anilines is 2. The fourth-order valence-corrected chi connectivity index (χ4v) is 3.88. The van der Waals surface area contributed by atoms with Crippen molar-refractivity contribution in [2.45, 2.75) is 25.4 Å². The summed E-state index contributed by atoms with van der Waals surface area (Å²) in [5.74, 6) is 0.937. The number of aliphatic hydroxyl groups is 1. The first-order valence-corrected chi connectivity index (χ1v) is 10.5. The van der Waals surface area contributed by atoms with Gasteiger partial charge in [0.1, 0.15) is 19.1 Å². The number of rotatable bonds is 8. The highest BCUT2D eigenvalue weighted by Gasteiger charge is 2.22. The van der Waals surface area contributed by atoms with Crippen LogP contribution in [-0.2, 0) is 17.7 Å². The lowest BCUT2D eigenvalue weighted by atomic mass is 10.1. The lowest BCUT2D eigenvalue weighted by molar-refractivity contribution is 0.0879. The van der Waals surface area contributed by atoms with Gasteiger partial charge in [0.15, 0.2) is 12.1 Å². The predicted molar refractivity (Wildman–Crippen MR) is 118 cm³/mol. The van der Waals surface area contributed by atoms with Gasteiger partial charge >= 0.3 is 0 Å². The molecule has 0 amide bonds. The van der Waals surface area contributed by atoms with E-state index < -0.39 is 12.9 Å². The van der Waals surface area contributed by atoms with E-state index in [4.69, 9.17) is 4.74 Å². The zero-order valence-corrected chi connectivity index (χ0v) is 17.6. The van der Waals surface area contributed by atoms with Crippen molar-refractivity contribution in [3.8, 4) is 5.82 Å². The first kappa shape index (κ1) is 21.2. The van der Waals surface area contributed by atoms with E-state index in [0.717, 1.165) is 22.8 Å². The molecule has 4 aromatic rings. The van der Waals surface area contributed by atoms with Crippen LogP contribution in [0.1, 0.15) is 15.9 Å². The zero-order chi connectivity index (χ0) is 22.8. The highest BCUT2D eigenvalue weighted by atomic mass is 19.1. The summed E-state index contributed by atoms with van der Waals surface area (Å²) in [5.41, 5.74) is 2.91. The number of alkyl halides is 1. The van der Waals surface area contributed by atoms with Crippen LogP contribution in [0.4, 0.5) is 16.0 Å². The number of carbonyl (C=O) groups excluding carboxylic acids is 1. The fourth-order valence-electron chi connectivity index (χ4n) is 3.88. The summed E-state index contributed by atoms with van der Waals surface area (Å²) in [4.78, 5) is 20.2. The van der Waals surface area contributed by atoms with Crippen molar-refractivity contribution in [2.24, 2.45) is 0 Å². The number of nitrogens with zero attached hydrogens (tertiary/aromatic N) is 5. The van der Waals surface area contributed by atoms with Crippen LogP contribution < -0.4 is 10.6 Å². The molecule has 4 heterocycles. The van der Waals surface area contributed by atoms with E-state index in [9.17, 15) is 14.3 Å². The number of hydrogen-bond acceptors (Lipinski definition) is 8. The van der Waals surface area contributed by atoms with E-state index >= 15 is 0 Å². The Morgan fingerprint density at radius 2 is 2.24 bits per heavy atom. The molecule has 10 nitrogen and oxygen atoms in total. The molecule has 0 bridgehead atoms. The van der Waals surface area contributed by atoms with Gasteiger partial charge in [-0.25, -0.2) is 14.1 Å². The van der Waals surface area contributed by atoms with E-state index in [2.05, 4.69) is 25.7 Å². The van der Waals surface area contributed by atoms with Crippen molar-refractivity contribution in [2.75, 3.05) is 18.6 Å². The largest absolute Gasteiger partial charge is 0.376 e. The zero-order valence-electron chi connectivity index (χ0n) is 17.6. The van der Waals surface area contributed by atoms with Gasteiger partial charge in [0, 0.05) is 53.2 Å². The number of halogens is 1. The molecule has 3 N–H and O–H groups in total. The Morgan fingerprint density at radius 1 is 1.33 bits per heavy atom. The van der Waals surface area contributed by atoms with Gasteiger partial charge in [0.05, 0.1) is 19.3 Å². The number of aromatic nitrogens is 5. The van der Waals surface area contributed by atoms with E-state index in [1.165, 1.54) is 0 Å². The van der Waals surface area contributed by atoms with Crippen molar-refractivity contribution in [1.82, 2.24) is 29.6 Å². The summed E-state index contributed by atoms with van der Waals surface area (Å²) in [6.07, 6.45) is 7.27. The molecule has 1 saturated heterocycles. The molecule has 1 aliphatic heterocycles. The fraction of sp³-hybridized carbons (Fsp3) is 0.273. The lowest BCUT2D eigenvalue weighted by Gasteiger charge is -2.08. The van der Waals surface area contributed by atoms with Crippen LogP contribution in [0, 0.1) is 0 Å². The third-order valence-electron chi connectivity index (χ3n) is 5.39. The predicted octanol–water partition coefficient (Wildman–Crippen LogP) is 1.95. The Bertz CT molecular complexity index is 1290. The molecule has 170 valence electrons. The van der Waals surface area contributed by atoms with Crippen LogP contribution in [0.25, 0.3) is 16.7 Å². The quantitative estimate of drug-likeness (QED) is 0.348. The minimum atomic E-state index is -0.648. The van der Waals surface area contributed by atoms with Gasteiger partial charge in [0.2, 0.25) is 5.95 Å². The van der Waals surface area contributed by atoms with Crippen molar-refractivity contribution in [1.29, 1.82) is 0 Å². The molecule has 11 heteroatoms. The smallest absolute Gasteiger partial charge is 0.229 e. The molecule has 0 spiro atoms. The first-order chi connectivity index (χ1) is 16.1. The summed E-state index contributed by atoms with van der Waals surface area (Å²) in [5, 5.41) is 20.7. The summed E-state index contributed by atoms with van der Waals surface area (Å²) in [6.45, 7) is -0.0535. The average molecular weight is 451 g/mol. The lowest BCUT2D eigenvalue weighted by Crippen LogP contribution is -2.31. The normalized spacial score (nSPS) is 18.1. The molecule has 2 atom stereocenters. The van der Waals surface area contributed by atoms with Crippen molar-refractivity contribution < 1.29 is 19.0 Å². The second-order valence-corrected chi connectivity index (χ2v) is 7.68. The molecule has 0 radical (unpaired) electrons. The Morgan fingerprint density at radius 3 is 3.03 bits per heavy atom. The number of fused-ring (bicyclic) bond motifs is 1. The third kappa shape index (κ3) is 4.46. The second-order valence-electron chi connectivity index (χ2n) is 7.68. The highest BCUT2D eigenvalue weighted by Crippen LogP contribution is 2.25. The van der Waals surface area contributed by atoms with Gasteiger partial charge in [-0.2, -0.15) is 10.1 Å². The van der Waals surface area contributed by atoms with Crippen molar-refractivity contribution >= 4 is 28.8 Å². The second kappa shape index (κ2) is 9.06. The molecule has 1 aliphatic rings.